The predicted octanol–water partition coefficient (Wildman–Crippen LogP) is 3.54. The average molecular weight is 583 g/mol. The van der Waals surface area contributed by atoms with Crippen LogP contribution in [0.5, 0.6) is 0 Å². The van der Waals surface area contributed by atoms with E-state index in [9.17, 15) is 28.8 Å². The maximum absolute atomic E-state index is 14.1. The fourth-order valence-electron chi connectivity index (χ4n) is 7.63. The van der Waals surface area contributed by atoms with Gasteiger partial charge in [-0.2, -0.15) is 0 Å². The number of hydrogen-bond donors (Lipinski definition) is 0. The summed E-state index contributed by atoms with van der Waals surface area (Å²) in [5.74, 6) is 0.0606. The SMILES string of the molecule is CC(C1CCC(N=C=O)CC1)n1c(=O)n(C(C)C2CCC(N=C=O)CC2)c(=O)n(C(C)C2CCC(N=C=O)CC2)c1=O. The van der Waals surface area contributed by atoms with Crippen LogP contribution in [-0.2, 0) is 14.4 Å². The summed E-state index contributed by atoms with van der Waals surface area (Å²) < 4.78 is 3.85. The molecule has 3 unspecified atom stereocenters. The van der Waals surface area contributed by atoms with Gasteiger partial charge in [-0.3, -0.25) is 0 Å². The summed E-state index contributed by atoms with van der Waals surface area (Å²) in [6, 6.07) is -1.61. The molecule has 3 aliphatic rings. The molecule has 4 rings (SSSR count). The first-order valence-electron chi connectivity index (χ1n) is 15.4. The Hall–Kier alpha value is -3.45. The van der Waals surface area contributed by atoms with Gasteiger partial charge in [0.1, 0.15) is 0 Å². The van der Waals surface area contributed by atoms with E-state index in [1.807, 2.05) is 20.8 Å². The molecule has 228 valence electrons. The van der Waals surface area contributed by atoms with Crippen molar-refractivity contribution in [3.8, 4) is 0 Å². The van der Waals surface area contributed by atoms with E-state index in [1.165, 1.54) is 13.7 Å². The fourth-order valence-corrected chi connectivity index (χ4v) is 7.63. The number of aliphatic imine (C=N–C) groups is 3. The lowest BCUT2D eigenvalue weighted by atomic mass is 9.81. The predicted molar refractivity (Wildman–Crippen MR) is 155 cm³/mol. The Morgan fingerprint density at radius 2 is 0.690 bits per heavy atom. The van der Waals surface area contributed by atoms with Crippen molar-refractivity contribution in [2.75, 3.05) is 0 Å². The van der Waals surface area contributed by atoms with Crippen LogP contribution < -0.4 is 17.1 Å². The molecule has 3 atom stereocenters. The van der Waals surface area contributed by atoms with E-state index in [0.29, 0.717) is 77.0 Å². The van der Waals surface area contributed by atoms with Crippen molar-refractivity contribution in [2.45, 2.75) is 134 Å². The Kier molecular flexibility index (Phi) is 10.6. The first kappa shape index (κ1) is 31.5. The third kappa shape index (κ3) is 6.62. The maximum atomic E-state index is 14.1. The van der Waals surface area contributed by atoms with Crippen LogP contribution in [0.3, 0.4) is 0 Å². The third-order valence-corrected chi connectivity index (χ3v) is 10.4. The molecule has 12 nitrogen and oxygen atoms in total. The lowest BCUT2D eigenvalue weighted by Gasteiger charge is -2.35. The second-order valence-electron chi connectivity index (χ2n) is 12.5. The molecule has 0 bridgehead atoms. The van der Waals surface area contributed by atoms with E-state index in [-0.39, 0.29) is 35.9 Å². The van der Waals surface area contributed by atoms with E-state index in [0.717, 1.165) is 0 Å². The van der Waals surface area contributed by atoms with Crippen LogP contribution in [0.2, 0.25) is 0 Å². The Morgan fingerprint density at radius 1 is 0.476 bits per heavy atom. The van der Waals surface area contributed by atoms with Gasteiger partial charge in [-0.15, -0.1) is 0 Å². The molecular formula is C30H42N6O6. The summed E-state index contributed by atoms with van der Waals surface area (Å²) >= 11 is 0. The number of aromatic nitrogens is 3. The molecule has 1 heterocycles. The first-order valence-corrected chi connectivity index (χ1v) is 15.4. The van der Waals surface area contributed by atoms with Crippen molar-refractivity contribution in [1.29, 1.82) is 0 Å². The second kappa shape index (κ2) is 14.1. The molecule has 42 heavy (non-hydrogen) atoms. The number of rotatable bonds is 9. The summed E-state index contributed by atoms with van der Waals surface area (Å²) in [6.45, 7) is 5.61. The minimum absolute atomic E-state index is 0.0202. The maximum Gasteiger partial charge on any atom is 0.336 e. The number of nitrogens with zero attached hydrogens (tertiary/aromatic N) is 6. The number of hydrogen-bond acceptors (Lipinski definition) is 9. The zero-order valence-corrected chi connectivity index (χ0v) is 24.8. The highest BCUT2D eigenvalue weighted by molar-refractivity contribution is 5.34. The summed E-state index contributed by atoms with van der Waals surface area (Å²) in [7, 11) is 0. The van der Waals surface area contributed by atoms with Crippen LogP contribution >= 0.6 is 0 Å². The molecule has 1 aromatic heterocycles. The van der Waals surface area contributed by atoms with Crippen molar-refractivity contribution in [3.63, 3.8) is 0 Å². The third-order valence-electron chi connectivity index (χ3n) is 10.4. The topological polar surface area (TPSA) is 154 Å². The zero-order valence-electron chi connectivity index (χ0n) is 24.8. The van der Waals surface area contributed by atoms with Gasteiger partial charge in [0.05, 0.1) is 18.1 Å². The Labute approximate surface area is 244 Å². The van der Waals surface area contributed by atoms with Crippen LogP contribution in [0.4, 0.5) is 0 Å². The normalized spacial score (nSPS) is 30.1. The van der Waals surface area contributed by atoms with Crippen molar-refractivity contribution in [2.24, 2.45) is 32.7 Å². The molecule has 12 heteroatoms. The number of isocyanates is 3. The van der Waals surface area contributed by atoms with E-state index in [1.54, 1.807) is 18.2 Å². The van der Waals surface area contributed by atoms with Crippen molar-refractivity contribution in [1.82, 2.24) is 13.7 Å². The summed E-state index contributed by atoms with van der Waals surface area (Å²) in [5, 5.41) is 0. The van der Waals surface area contributed by atoms with E-state index >= 15 is 0 Å². The largest absolute Gasteiger partial charge is 0.336 e. The highest BCUT2D eigenvalue weighted by Gasteiger charge is 2.35. The molecule has 0 saturated heterocycles. The van der Waals surface area contributed by atoms with Crippen LogP contribution in [0, 0.1) is 17.8 Å². The minimum atomic E-state index is -0.585. The molecule has 0 radical (unpaired) electrons. The van der Waals surface area contributed by atoms with Crippen molar-refractivity contribution >= 4 is 18.2 Å². The minimum Gasteiger partial charge on any atom is -0.247 e. The van der Waals surface area contributed by atoms with Gasteiger partial charge in [-0.1, -0.05) is 0 Å². The van der Waals surface area contributed by atoms with Gasteiger partial charge in [0, 0.05) is 18.1 Å². The Balaban J connectivity index is 1.73. The Morgan fingerprint density at radius 3 is 0.881 bits per heavy atom. The van der Waals surface area contributed by atoms with Crippen molar-refractivity contribution in [3.05, 3.63) is 31.5 Å². The summed E-state index contributed by atoms with van der Waals surface area (Å²) in [4.78, 5) is 86.1. The molecule has 0 amide bonds. The van der Waals surface area contributed by atoms with Gasteiger partial charge in [0.25, 0.3) is 0 Å². The van der Waals surface area contributed by atoms with Crippen LogP contribution in [0.1, 0.15) is 116 Å². The molecule has 3 fully saturated rings. The Bertz CT molecular complexity index is 1220. The molecule has 0 aromatic carbocycles. The number of carbonyl (C=O) groups excluding carboxylic acids is 3. The fraction of sp³-hybridized carbons (Fsp3) is 0.800. The zero-order chi connectivity index (χ0) is 30.4. The molecule has 0 aliphatic heterocycles. The van der Waals surface area contributed by atoms with Gasteiger partial charge in [0.15, 0.2) is 0 Å². The highest BCUT2D eigenvalue weighted by atomic mass is 16.2. The quantitative estimate of drug-likeness (QED) is 0.320. The summed E-state index contributed by atoms with van der Waals surface area (Å²) in [5.41, 5.74) is -1.75. The van der Waals surface area contributed by atoms with Gasteiger partial charge < -0.3 is 0 Å². The van der Waals surface area contributed by atoms with Crippen LogP contribution in [-0.4, -0.2) is 50.1 Å². The highest BCUT2D eigenvalue weighted by Crippen LogP contribution is 2.36. The van der Waals surface area contributed by atoms with Crippen LogP contribution in [0.25, 0.3) is 0 Å². The van der Waals surface area contributed by atoms with Crippen LogP contribution in [0.15, 0.2) is 29.4 Å². The monoisotopic (exact) mass is 582 g/mol. The van der Waals surface area contributed by atoms with E-state index in [2.05, 4.69) is 15.0 Å². The lowest BCUT2D eigenvalue weighted by Crippen LogP contribution is -2.58. The van der Waals surface area contributed by atoms with Gasteiger partial charge in [-0.05, 0) is 116 Å². The molecule has 3 saturated carbocycles. The van der Waals surface area contributed by atoms with E-state index < -0.39 is 35.2 Å². The first-order chi connectivity index (χ1) is 20.2. The molecule has 3 aliphatic carbocycles. The van der Waals surface area contributed by atoms with Gasteiger partial charge in [0.2, 0.25) is 18.2 Å². The van der Waals surface area contributed by atoms with Gasteiger partial charge in [-0.25, -0.2) is 57.4 Å². The average Bonchev–Trinajstić information content (AvgIpc) is 2.98. The molecule has 0 N–H and O–H groups in total. The smallest absolute Gasteiger partial charge is 0.247 e. The molecule has 0 spiro atoms. The summed E-state index contributed by atoms with van der Waals surface area (Å²) in [6.07, 6.45) is 13.2. The van der Waals surface area contributed by atoms with Crippen molar-refractivity contribution < 1.29 is 14.4 Å². The van der Waals surface area contributed by atoms with E-state index in [4.69, 9.17) is 0 Å². The lowest BCUT2D eigenvalue weighted by molar-refractivity contribution is 0.187. The molecular weight excluding hydrogens is 540 g/mol. The van der Waals surface area contributed by atoms with Gasteiger partial charge >= 0.3 is 17.1 Å². The molecule has 1 aromatic rings. The second-order valence-corrected chi connectivity index (χ2v) is 12.5. The standard InChI is InChI=1S/C30H42N6O6/c1-19(22-4-10-25(11-5-22)31-16-37)34-28(40)35(20(2)23-6-12-26(13-7-23)32-17-38)30(42)36(29(34)41)21(3)24-8-14-27(15-9-24)33-18-39/h19-27H,4-15H2,1-3H3.